The standard InChI is InChI=1S/C32H39N5O5S2/c1-21-20-43-31(34-21)28-11-6-13-36(28)32(40)24-17-23(18-25(19-24)37-14-7-15-44(37,41)42)30(39)35-27(16-22-8-3-2-4-9-22)29(38)26-10-5-12-33-26/h2-4,8-9,17-20,26-29,33,38H,5-7,10-16H2,1H3,(H,35,39)/t26-,27+,28-,29-/m1/s1. The lowest BCUT2D eigenvalue weighted by atomic mass is 9.95. The Labute approximate surface area is 262 Å². The van der Waals surface area contributed by atoms with E-state index in [1.54, 1.807) is 23.1 Å². The second-order valence-corrected chi connectivity index (χ2v) is 14.9. The number of nitrogens with one attached hydrogen (secondary N) is 2. The fourth-order valence-electron chi connectivity index (χ4n) is 6.56. The molecule has 3 aromatic rings. The summed E-state index contributed by atoms with van der Waals surface area (Å²) in [6.45, 7) is 3.57. The number of aryl methyl sites for hydroxylation is 1. The predicted molar refractivity (Wildman–Crippen MR) is 170 cm³/mol. The molecule has 44 heavy (non-hydrogen) atoms. The molecule has 3 N–H and O–H groups in total. The summed E-state index contributed by atoms with van der Waals surface area (Å²) in [6.07, 6.45) is 3.43. The summed E-state index contributed by atoms with van der Waals surface area (Å²) in [4.78, 5) is 34.4. The van der Waals surface area contributed by atoms with Crippen LogP contribution >= 0.6 is 11.3 Å². The molecule has 1 aromatic heterocycles. The number of sulfonamides is 1. The highest BCUT2D eigenvalue weighted by Crippen LogP contribution is 2.36. The first-order valence-corrected chi connectivity index (χ1v) is 17.8. The Kier molecular flexibility index (Phi) is 9.04. The molecule has 3 aliphatic heterocycles. The van der Waals surface area contributed by atoms with Crippen LogP contribution in [0.3, 0.4) is 0 Å². The Bertz CT molecular complexity index is 1610. The van der Waals surface area contributed by atoms with Crippen LogP contribution in [0.4, 0.5) is 5.69 Å². The van der Waals surface area contributed by atoms with Gasteiger partial charge in [0, 0.05) is 41.3 Å². The minimum atomic E-state index is -3.56. The van der Waals surface area contributed by atoms with Crippen molar-refractivity contribution in [2.75, 3.05) is 29.7 Å². The van der Waals surface area contributed by atoms with Gasteiger partial charge in [-0.15, -0.1) is 11.3 Å². The molecule has 0 saturated carbocycles. The molecule has 4 atom stereocenters. The van der Waals surface area contributed by atoms with Crippen LogP contribution in [-0.4, -0.2) is 78.8 Å². The molecule has 10 nitrogen and oxygen atoms in total. The van der Waals surface area contributed by atoms with Gasteiger partial charge in [-0.1, -0.05) is 30.3 Å². The van der Waals surface area contributed by atoms with Gasteiger partial charge in [0.2, 0.25) is 10.0 Å². The number of carbonyl (C=O) groups is 2. The van der Waals surface area contributed by atoms with Gasteiger partial charge in [0.05, 0.1) is 29.6 Å². The summed E-state index contributed by atoms with van der Waals surface area (Å²) >= 11 is 1.53. The van der Waals surface area contributed by atoms with Crippen molar-refractivity contribution in [2.24, 2.45) is 0 Å². The largest absolute Gasteiger partial charge is 0.389 e. The van der Waals surface area contributed by atoms with Crippen LogP contribution in [0.1, 0.15) is 75.1 Å². The molecule has 0 bridgehead atoms. The Morgan fingerprint density at radius 1 is 1.09 bits per heavy atom. The van der Waals surface area contributed by atoms with E-state index < -0.39 is 28.1 Å². The van der Waals surface area contributed by atoms with Crippen LogP contribution < -0.4 is 14.9 Å². The summed E-state index contributed by atoms with van der Waals surface area (Å²) in [5, 5.41) is 20.6. The molecule has 3 aliphatic rings. The zero-order chi connectivity index (χ0) is 30.8. The summed E-state index contributed by atoms with van der Waals surface area (Å²) in [7, 11) is -3.56. The van der Waals surface area contributed by atoms with E-state index in [9.17, 15) is 23.1 Å². The summed E-state index contributed by atoms with van der Waals surface area (Å²) in [5.41, 5.74) is 2.62. The van der Waals surface area contributed by atoms with Crippen LogP contribution in [-0.2, 0) is 16.4 Å². The quantitative estimate of drug-likeness (QED) is 0.328. The molecule has 6 rings (SSSR count). The number of aliphatic hydroxyl groups is 1. The fraction of sp³-hybridized carbons (Fsp3) is 0.469. The van der Waals surface area contributed by atoms with Crippen molar-refractivity contribution in [2.45, 2.75) is 69.7 Å². The third-order valence-electron chi connectivity index (χ3n) is 8.79. The highest BCUT2D eigenvalue weighted by molar-refractivity contribution is 7.93. The van der Waals surface area contributed by atoms with Crippen molar-refractivity contribution in [3.05, 3.63) is 81.3 Å². The molecule has 0 aliphatic carbocycles. The monoisotopic (exact) mass is 637 g/mol. The van der Waals surface area contributed by atoms with E-state index in [0.29, 0.717) is 25.1 Å². The number of rotatable bonds is 9. The van der Waals surface area contributed by atoms with Crippen molar-refractivity contribution in [1.29, 1.82) is 0 Å². The van der Waals surface area contributed by atoms with E-state index in [1.165, 1.54) is 15.6 Å². The van der Waals surface area contributed by atoms with Crippen LogP contribution in [0, 0.1) is 6.92 Å². The van der Waals surface area contributed by atoms with Gasteiger partial charge in [-0.3, -0.25) is 13.9 Å². The zero-order valence-corrected chi connectivity index (χ0v) is 26.4. The van der Waals surface area contributed by atoms with Crippen LogP contribution in [0.25, 0.3) is 0 Å². The van der Waals surface area contributed by atoms with Crippen LogP contribution in [0.5, 0.6) is 0 Å². The summed E-state index contributed by atoms with van der Waals surface area (Å²) in [6, 6.07) is 13.4. The highest BCUT2D eigenvalue weighted by atomic mass is 32.2. The maximum Gasteiger partial charge on any atom is 0.254 e. The highest BCUT2D eigenvalue weighted by Gasteiger charge is 2.36. The minimum absolute atomic E-state index is 0.0179. The predicted octanol–water partition coefficient (Wildman–Crippen LogP) is 3.42. The Morgan fingerprint density at radius 2 is 1.89 bits per heavy atom. The molecule has 2 aromatic carbocycles. The number of hydrogen-bond acceptors (Lipinski definition) is 8. The first kappa shape index (κ1) is 30.7. The number of carbonyl (C=O) groups excluding carboxylic acids is 2. The normalized spacial score (nSPS) is 22.7. The van der Waals surface area contributed by atoms with E-state index in [-0.39, 0.29) is 41.4 Å². The average Bonchev–Trinajstić information content (AvgIpc) is 3.84. The lowest BCUT2D eigenvalue weighted by Gasteiger charge is -2.29. The van der Waals surface area contributed by atoms with Gasteiger partial charge < -0.3 is 20.6 Å². The van der Waals surface area contributed by atoms with Crippen molar-refractivity contribution < 1.29 is 23.1 Å². The van der Waals surface area contributed by atoms with Crippen molar-refractivity contribution in [3.63, 3.8) is 0 Å². The summed E-state index contributed by atoms with van der Waals surface area (Å²) in [5.74, 6) is -0.711. The van der Waals surface area contributed by atoms with E-state index in [4.69, 9.17) is 0 Å². The number of amides is 2. The van der Waals surface area contributed by atoms with E-state index in [2.05, 4.69) is 15.6 Å². The number of benzene rings is 2. The second kappa shape index (κ2) is 13.0. The Hall–Kier alpha value is -3.32. The van der Waals surface area contributed by atoms with Gasteiger partial charge in [0.15, 0.2) is 0 Å². The molecule has 3 saturated heterocycles. The molecular weight excluding hydrogens is 599 g/mol. The maximum absolute atomic E-state index is 14.0. The third kappa shape index (κ3) is 6.53. The molecule has 12 heteroatoms. The molecule has 3 fully saturated rings. The van der Waals surface area contributed by atoms with Crippen molar-refractivity contribution in [1.82, 2.24) is 20.5 Å². The van der Waals surface area contributed by atoms with Crippen molar-refractivity contribution >= 4 is 38.9 Å². The number of hydrogen-bond donors (Lipinski definition) is 3. The second-order valence-electron chi connectivity index (χ2n) is 12.0. The van der Waals surface area contributed by atoms with E-state index in [0.717, 1.165) is 48.5 Å². The van der Waals surface area contributed by atoms with Crippen LogP contribution in [0.15, 0.2) is 53.9 Å². The third-order valence-corrected chi connectivity index (χ3v) is 11.7. The van der Waals surface area contributed by atoms with Gasteiger partial charge in [-0.25, -0.2) is 13.4 Å². The number of anilines is 1. The number of likely N-dealkylation sites (tertiary alicyclic amines) is 1. The molecule has 0 radical (unpaired) electrons. The maximum atomic E-state index is 14.0. The van der Waals surface area contributed by atoms with Gasteiger partial charge in [-0.05, 0) is 75.8 Å². The van der Waals surface area contributed by atoms with Gasteiger partial charge >= 0.3 is 0 Å². The lowest BCUT2D eigenvalue weighted by molar-refractivity contribution is 0.0733. The number of aromatic nitrogens is 1. The van der Waals surface area contributed by atoms with Gasteiger partial charge in [0.1, 0.15) is 5.01 Å². The van der Waals surface area contributed by atoms with E-state index in [1.807, 2.05) is 42.6 Å². The molecular formula is C32H39N5O5S2. The topological polar surface area (TPSA) is 132 Å². The van der Waals surface area contributed by atoms with Crippen LogP contribution in [0.2, 0.25) is 0 Å². The molecule has 0 unspecified atom stereocenters. The number of aliphatic hydroxyl groups excluding tert-OH is 1. The Morgan fingerprint density at radius 3 is 2.57 bits per heavy atom. The minimum Gasteiger partial charge on any atom is -0.389 e. The smallest absolute Gasteiger partial charge is 0.254 e. The van der Waals surface area contributed by atoms with Crippen molar-refractivity contribution in [3.8, 4) is 0 Å². The fourth-order valence-corrected chi connectivity index (χ4v) is 9.05. The van der Waals surface area contributed by atoms with Gasteiger partial charge in [0.25, 0.3) is 11.8 Å². The number of nitrogens with zero attached hydrogens (tertiary/aromatic N) is 3. The van der Waals surface area contributed by atoms with Gasteiger partial charge in [-0.2, -0.15) is 0 Å². The number of thiazole rings is 1. The first-order chi connectivity index (χ1) is 21.2. The molecule has 4 heterocycles. The Balaban J connectivity index is 1.33. The first-order valence-electron chi connectivity index (χ1n) is 15.3. The summed E-state index contributed by atoms with van der Waals surface area (Å²) < 4.78 is 27.1. The lowest BCUT2D eigenvalue weighted by Crippen LogP contribution is -2.52. The molecule has 0 spiro atoms. The zero-order valence-electron chi connectivity index (χ0n) is 24.8. The molecule has 2 amide bonds. The SMILES string of the molecule is Cc1csc([C@H]2CCCN2C(=O)c2cc(C(=O)N[C@@H](Cc3ccccc3)[C@H](O)[C@H]3CCCN3)cc(N3CCCS3(=O)=O)c2)n1. The molecule has 234 valence electrons. The average molecular weight is 638 g/mol. The van der Waals surface area contributed by atoms with E-state index >= 15 is 0 Å².